The molecule has 1 aromatic heterocycles. The first-order chi connectivity index (χ1) is 10.3. The molecule has 2 nitrogen and oxygen atoms in total. The van der Waals surface area contributed by atoms with E-state index in [0.29, 0.717) is 0 Å². The van der Waals surface area contributed by atoms with Gasteiger partial charge in [-0.25, -0.2) is 0 Å². The van der Waals surface area contributed by atoms with Crippen LogP contribution in [0.1, 0.15) is 17.8 Å². The Balaban J connectivity index is 1.71. The molecule has 1 N–H and O–H groups in total. The first kappa shape index (κ1) is 13.7. The third-order valence-corrected chi connectivity index (χ3v) is 4.22. The molecule has 0 aliphatic heterocycles. The minimum atomic E-state index is 0.289. The Morgan fingerprint density at radius 1 is 0.905 bits per heavy atom. The van der Waals surface area contributed by atoms with Crippen molar-refractivity contribution < 1.29 is 4.74 Å². The summed E-state index contributed by atoms with van der Waals surface area (Å²) in [5, 5.41) is 5.60. The van der Waals surface area contributed by atoms with E-state index in [-0.39, 0.29) is 6.04 Å². The molecule has 0 aliphatic rings. The maximum Gasteiger partial charge on any atom is 0.129 e. The molecule has 106 valence electrons. The zero-order valence-corrected chi connectivity index (χ0v) is 12.6. The number of nitrogens with one attached hydrogen (secondary N) is 1. The zero-order chi connectivity index (χ0) is 14.5. The summed E-state index contributed by atoms with van der Waals surface area (Å²) in [5.74, 6) is 1.69. The second kappa shape index (κ2) is 6.46. The van der Waals surface area contributed by atoms with Crippen molar-refractivity contribution in [2.75, 3.05) is 5.32 Å². The van der Waals surface area contributed by atoms with E-state index in [1.165, 1.54) is 4.88 Å². The van der Waals surface area contributed by atoms with E-state index in [0.717, 1.165) is 17.2 Å². The molecule has 0 spiro atoms. The van der Waals surface area contributed by atoms with Crippen LogP contribution in [-0.4, -0.2) is 0 Å². The van der Waals surface area contributed by atoms with Crippen LogP contribution in [0, 0.1) is 0 Å². The number of benzene rings is 2. The Morgan fingerprint density at radius 2 is 1.71 bits per heavy atom. The minimum Gasteiger partial charge on any atom is -0.457 e. The van der Waals surface area contributed by atoms with Crippen molar-refractivity contribution in [2.24, 2.45) is 0 Å². The van der Waals surface area contributed by atoms with Crippen LogP contribution < -0.4 is 10.1 Å². The summed E-state index contributed by atoms with van der Waals surface area (Å²) in [6, 6.07) is 22.4. The van der Waals surface area contributed by atoms with E-state index in [1.54, 1.807) is 11.3 Å². The molecule has 0 saturated heterocycles. The lowest BCUT2D eigenvalue weighted by molar-refractivity contribution is 0.483. The largest absolute Gasteiger partial charge is 0.457 e. The zero-order valence-electron chi connectivity index (χ0n) is 11.8. The van der Waals surface area contributed by atoms with Gasteiger partial charge < -0.3 is 10.1 Å². The monoisotopic (exact) mass is 295 g/mol. The fourth-order valence-electron chi connectivity index (χ4n) is 2.13. The van der Waals surface area contributed by atoms with Gasteiger partial charge in [-0.05, 0) is 42.6 Å². The molecule has 1 unspecified atom stereocenters. The highest BCUT2D eigenvalue weighted by atomic mass is 32.1. The van der Waals surface area contributed by atoms with Crippen LogP contribution in [0.5, 0.6) is 11.5 Å². The summed E-state index contributed by atoms with van der Waals surface area (Å²) in [6.45, 7) is 2.16. The topological polar surface area (TPSA) is 21.3 Å². The lowest BCUT2D eigenvalue weighted by atomic mass is 10.2. The van der Waals surface area contributed by atoms with E-state index in [1.807, 2.05) is 48.5 Å². The normalized spacial score (nSPS) is 11.9. The summed E-state index contributed by atoms with van der Waals surface area (Å²) in [4.78, 5) is 1.32. The maximum atomic E-state index is 5.85. The van der Waals surface area contributed by atoms with Crippen LogP contribution >= 0.6 is 11.3 Å². The van der Waals surface area contributed by atoms with E-state index in [4.69, 9.17) is 4.74 Å². The molecular formula is C18H17NOS. The van der Waals surface area contributed by atoms with Crippen molar-refractivity contribution in [3.05, 3.63) is 77.0 Å². The van der Waals surface area contributed by atoms with Gasteiger partial charge in [0.15, 0.2) is 0 Å². The molecular weight excluding hydrogens is 278 g/mol. The van der Waals surface area contributed by atoms with Gasteiger partial charge in [0.25, 0.3) is 0 Å². The average molecular weight is 295 g/mol. The van der Waals surface area contributed by atoms with Crippen LogP contribution in [0.2, 0.25) is 0 Å². The van der Waals surface area contributed by atoms with E-state index in [9.17, 15) is 0 Å². The predicted octanol–water partition coefficient (Wildman–Crippen LogP) is 5.71. The fraction of sp³-hybridized carbons (Fsp3) is 0.111. The smallest absolute Gasteiger partial charge is 0.129 e. The molecule has 1 atom stereocenters. The third kappa shape index (κ3) is 3.64. The van der Waals surface area contributed by atoms with Gasteiger partial charge in [-0.15, -0.1) is 11.3 Å². The number of para-hydroxylation sites is 1. The summed E-state index contributed by atoms with van der Waals surface area (Å²) < 4.78 is 5.85. The SMILES string of the molecule is CC(Nc1cccc(Oc2ccccc2)c1)c1cccs1. The van der Waals surface area contributed by atoms with Crippen molar-refractivity contribution in [1.29, 1.82) is 0 Å². The number of anilines is 1. The van der Waals surface area contributed by atoms with Gasteiger partial charge in [-0.3, -0.25) is 0 Å². The molecule has 0 radical (unpaired) electrons. The van der Waals surface area contributed by atoms with Gasteiger partial charge in [-0.1, -0.05) is 30.3 Å². The first-order valence-electron chi connectivity index (χ1n) is 6.94. The Kier molecular flexibility index (Phi) is 4.22. The Labute approximate surface area is 129 Å². The van der Waals surface area contributed by atoms with Crippen molar-refractivity contribution in [3.8, 4) is 11.5 Å². The molecule has 0 fully saturated rings. The minimum absolute atomic E-state index is 0.289. The number of hydrogen-bond acceptors (Lipinski definition) is 3. The van der Waals surface area contributed by atoms with Crippen LogP contribution in [0.15, 0.2) is 72.1 Å². The molecule has 0 saturated carbocycles. The molecule has 0 amide bonds. The first-order valence-corrected chi connectivity index (χ1v) is 7.82. The van der Waals surface area contributed by atoms with Crippen LogP contribution in [0.25, 0.3) is 0 Å². The standard InChI is InChI=1S/C18H17NOS/c1-14(18-11-6-12-21-18)19-15-7-5-10-17(13-15)20-16-8-3-2-4-9-16/h2-14,19H,1H3. The second-order valence-electron chi connectivity index (χ2n) is 4.82. The van der Waals surface area contributed by atoms with Crippen molar-refractivity contribution >= 4 is 17.0 Å². The highest BCUT2D eigenvalue weighted by molar-refractivity contribution is 7.10. The lowest BCUT2D eigenvalue weighted by Crippen LogP contribution is -2.04. The van der Waals surface area contributed by atoms with Gasteiger partial charge in [0, 0.05) is 16.6 Å². The average Bonchev–Trinajstić information content (AvgIpc) is 3.03. The molecule has 0 aliphatic carbocycles. The second-order valence-corrected chi connectivity index (χ2v) is 5.80. The predicted molar refractivity (Wildman–Crippen MR) is 89.3 cm³/mol. The third-order valence-electron chi connectivity index (χ3n) is 3.17. The molecule has 2 aromatic carbocycles. The number of rotatable bonds is 5. The molecule has 1 heterocycles. The van der Waals surface area contributed by atoms with Gasteiger partial charge >= 0.3 is 0 Å². The van der Waals surface area contributed by atoms with Gasteiger partial charge in [0.1, 0.15) is 11.5 Å². The molecule has 0 bridgehead atoms. The maximum absolute atomic E-state index is 5.85. The fourth-order valence-corrected chi connectivity index (χ4v) is 2.87. The van der Waals surface area contributed by atoms with Gasteiger partial charge in [-0.2, -0.15) is 0 Å². The highest BCUT2D eigenvalue weighted by Gasteiger charge is 2.06. The summed E-state index contributed by atoms with van der Waals surface area (Å²) in [6.07, 6.45) is 0. The summed E-state index contributed by atoms with van der Waals surface area (Å²) >= 11 is 1.76. The number of thiophene rings is 1. The van der Waals surface area contributed by atoms with E-state index in [2.05, 4.69) is 35.8 Å². The van der Waals surface area contributed by atoms with E-state index < -0.39 is 0 Å². The summed E-state index contributed by atoms with van der Waals surface area (Å²) in [5.41, 5.74) is 1.06. The van der Waals surface area contributed by atoms with Crippen LogP contribution in [0.4, 0.5) is 5.69 Å². The van der Waals surface area contributed by atoms with Crippen molar-refractivity contribution in [2.45, 2.75) is 13.0 Å². The Hall–Kier alpha value is -2.26. The number of ether oxygens (including phenoxy) is 1. The van der Waals surface area contributed by atoms with Gasteiger partial charge in [0.2, 0.25) is 0 Å². The Bertz CT molecular complexity index is 679. The molecule has 3 rings (SSSR count). The quantitative estimate of drug-likeness (QED) is 0.650. The van der Waals surface area contributed by atoms with Crippen molar-refractivity contribution in [3.63, 3.8) is 0 Å². The Morgan fingerprint density at radius 3 is 2.48 bits per heavy atom. The highest BCUT2D eigenvalue weighted by Crippen LogP contribution is 2.27. The van der Waals surface area contributed by atoms with Crippen molar-refractivity contribution in [1.82, 2.24) is 0 Å². The molecule has 3 aromatic rings. The lowest BCUT2D eigenvalue weighted by Gasteiger charge is -2.14. The van der Waals surface area contributed by atoms with Crippen LogP contribution in [-0.2, 0) is 0 Å². The van der Waals surface area contributed by atoms with Crippen LogP contribution in [0.3, 0.4) is 0 Å². The van der Waals surface area contributed by atoms with Gasteiger partial charge in [0.05, 0.1) is 6.04 Å². The molecule has 3 heteroatoms. The summed E-state index contributed by atoms with van der Waals surface area (Å²) in [7, 11) is 0. The van der Waals surface area contributed by atoms with E-state index >= 15 is 0 Å². The number of hydrogen-bond donors (Lipinski definition) is 1. The molecule has 21 heavy (non-hydrogen) atoms.